The standard InChI is InChI=1S/C16H22O5/c1-2-11-20-21-13-6-4-3-5-12-18-15-7-9-16(10-8-15)19-14-17/h2,7-10,14H,1,3-6,11-13H2. The summed E-state index contributed by atoms with van der Waals surface area (Å²) in [4.78, 5) is 19.9. The van der Waals surface area contributed by atoms with Gasteiger partial charge in [-0.1, -0.05) is 12.5 Å². The Bertz CT molecular complexity index is 388. The molecule has 1 aromatic rings. The van der Waals surface area contributed by atoms with E-state index in [1.165, 1.54) is 0 Å². The fourth-order valence-electron chi connectivity index (χ4n) is 1.63. The zero-order valence-corrected chi connectivity index (χ0v) is 12.2. The maximum Gasteiger partial charge on any atom is 0.298 e. The van der Waals surface area contributed by atoms with Crippen LogP contribution in [-0.2, 0) is 14.6 Å². The molecule has 1 rings (SSSR count). The number of hydrogen-bond acceptors (Lipinski definition) is 5. The number of hydrogen-bond donors (Lipinski definition) is 0. The summed E-state index contributed by atoms with van der Waals surface area (Å²) in [6, 6.07) is 6.96. The lowest BCUT2D eigenvalue weighted by molar-refractivity contribution is -0.286. The molecule has 5 heteroatoms. The van der Waals surface area contributed by atoms with E-state index in [2.05, 4.69) is 6.58 Å². The van der Waals surface area contributed by atoms with Gasteiger partial charge in [0.1, 0.15) is 18.1 Å². The molecular formula is C16H22O5. The van der Waals surface area contributed by atoms with Crippen molar-refractivity contribution in [3.05, 3.63) is 36.9 Å². The van der Waals surface area contributed by atoms with Crippen LogP contribution in [0, 0.1) is 0 Å². The molecule has 0 aliphatic carbocycles. The van der Waals surface area contributed by atoms with Gasteiger partial charge in [-0.15, -0.1) is 6.58 Å². The SMILES string of the molecule is C=CCOOCCCCCCOc1ccc(OC=O)cc1. The van der Waals surface area contributed by atoms with Gasteiger partial charge < -0.3 is 9.47 Å². The highest BCUT2D eigenvalue weighted by Crippen LogP contribution is 2.17. The number of carbonyl (C=O) groups is 1. The first kappa shape index (κ1) is 17.2. The first-order valence-electron chi connectivity index (χ1n) is 7.05. The molecule has 0 amide bonds. The highest BCUT2D eigenvalue weighted by molar-refractivity contribution is 5.45. The zero-order valence-electron chi connectivity index (χ0n) is 12.2. The van der Waals surface area contributed by atoms with Crippen molar-refractivity contribution in [1.82, 2.24) is 0 Å². The lowest BCUT2D eigenvalue weighted by atomic mass is 10.2. The topological polar surface area (TPSA) is 54.0 Å². The van der Waals surface area contributed by atoms with Gasteiger partial charge in [0.05, 0.1) is 13.2 Å². The summed E-state index contributed by atoms with van der Waals surface area (Å²) < 4.78 is 10.3. The molecule has 1 aromatic carbocycles. The Labute approximate surface area is 125 Å². The molecule has 21 heavy (non-hydrogen) atoms. The van der Waals surface area contributed by atoms with Crippen LogP contribution < -0.4 is 9.47 Å². The van der Waals surface area contributed by atoms with E-state index in [-0.39, 0.29) is 0 Å². The van der Waals surface area contributed by atoms with Crippen molar-refractivity contribution >= 4 is 6.47 Å². The van der Waals surface area contributed by atoms with Gasteiger partial charge in [-0.25, -0.2) is 9.78 Å². The number of unbranched alkanes of at least 4 members (excludes halogenated alkanes) is 3. The molecular weight excluding hydrogens is 272 g/mol. The summed E-state index contributed by atoms with van der Waals surface area (Å²) in [5.41, 5.74) is 0. The molecule has 0 atom stereocenters. The molecule has 0 aromatic heterocycles. The lowest BCUT2D eigenvalue weighted by Crippen LogP contribution is -1.99. The molecule has 0 spiro atoms. The average molecular weight is 294 g/mol. The van der Waals surface area contributed by atoms with E-state index < -0.39 is 0 Å². The molecule has 0 fully saturated rings. The maximum absolute atomic E-state index is 10.2. The van der Waals surface area contributed by atoms with Gasteiger partial charge in [0.25, 0.3) is 6.47 Å². The second kappa shape index (κ2) is 11.9. The van der Waals surface area contributed by atoms with E-state index in [1.807, 2.05) is 0 Å². The van der Waals surface area contributed by atoms with E-state index in [0.29, 0.717) is 32.0 Å². The summed E-state index contributed by atoms with van der Waals surface area (Å²) in [6.07, 6.45) is 5.76. The minimum Gasteiger partial charge on any atom is -0.494 e. The van der Waals surface area contributed by atoms with Crippen molar-refractivity contribution in [1.29, 1.82) is 0 Å². The minimum atomic E-state index is 0.405. The molecule has 0 unspecified atom stereocenters. The van der Waals surface area contributed by atoms with Gasteiger partial charge in [-0.3, -0.25) is 4.79 Å². The first-order valence-corrected chi connectivity index (χ1v) is 7.05. The first-order chi connectivity index (χ1) is 10.4. The summed E-state index contributed by atoms with van der Waals surface area (Å²) in [7, 11) is 0. The number of rotatable bonds is 13. The van der Waals surface area contributed by atoms with E-state index >= 15 is 0 Å². The van der Waals surface area contributed by atoms with Gasteiger partial charge in [0.15, 0.2) is 0 Å². The van der Waals surface area contributed by atoms with Crippen LogP contribution in [0.3, 0.4) is 0 Å². The second-order valence-corrected chi connectivity index (χ2v) is 4.34. The Morgan fingerprint density at radius 1 is 0.905 bits per heavy atom. The molecule has 5 nitrogen and oxygen atoms in total. The van der Waals surface area contributed by atoms with Gasteiger partial charge in [-0.05, 0) is 43.5 Å². The Hall–Kier alpha value is -1.85. The predicted molar refractivity (Wildman–Crippen MR) is 79.2 cm³/mol. The van der Waals surface area contributed by atoms with Crippen molar-refractivity contribution in [2.45, 2.75) is 25.7 Å². The Morgan fingerprint density at radius 3 is 2.24 bits per heavy atom. The van der Waals surface area contributed by atoms with Crippen molar-refractivity contribution in [2.24, 2.45) is 0 Å². The summed E-state index contributed by atoms with van der Waals surface area (Å²) in [5, 5.41) is 0. The third kappa shape index (κ3) is 8.83. The van der Waals surface area contributed by atoms with Crippen LogP contribution in [0.1, 0.15) is 25.7 Å². The van der Waals surface area contributed by atoms with Gasteiger partial charge in [-0.2, -0.15) is 0 Å². The number of benzene rings is 1. The summed E-state index contributed by atoms with van der Waals surface area (Å²) in [6.45, 7) is 5.62. The predicted octanol–water partition coefficient (Wildman–Crippen LogP) is 3.30. The maximum atomic E-state index is 10.2. The van der Waals surface area contributed by atoms with Gasteiger partial charge in [0, 0.05) is 0 Å². The molecule has 116 valence electrons. The Morgan fingerprint density at radius 2 is 1.57 bits per heavy atom. The van der Waals surface area contributed by atoms with E-state index in [1.54, 1.807) is 30.3 Å². The summed E-state index contributed by atoms with van der Waals surface area (Å²) in [5.74, 6) is 1.28. The van der Waals surface area contributed by atoms with Crippen molar-refractivity contribution in [2.75, 3.05) is 19.8 Å². The molecule has 0 aliphatic heterocycles. The third-order valence-electron chi connectivity index (χ3n) is 2.67. The van der Waals surface area contributed by atoms with Crippen LogP contribution in [0.25, 0.3) is 0 Å². The second-order valence-electron chi connectivity index (χ2n) is 4.34. The van der Waals surface area contributed by atoms with Crippen LogP contribution >= 0.6 is 0 Å². The van der Waals surface area contributed by atoms with Crippen LogP contribution in [0.5, 0.6) is 11.5 Å². The van der Waals surface area contributed by atoms with E-state index in [9.17, 15) is 4.79 Å². The van der Waals surface area contributed by atoms with Crippen LogP contribution in [0.2, 0.25) is 0 Å². The van der Waals surface area contributed by atoms with Crippen LogP contribution in [-0.4, -0.2) is 26.3 Å². The fraction of sp³-hybridized carbons (Fsp3) is 0.438. The van der Waals surface area contributed by atoms with E-state index in [0.717, 1.165) is 31.4 Å². The fourth-order valence-corrected chi connectivity index (χ4v) is 1.63. The van der Waals surface area contributed by atoms with Crippen molar-refractivity contribution < 1.29 is 24.0 Å². The third-order valence-corrected chi connectivity index (χ3v) is 2.67. The monoisotopic (exact) mass is 294 g/mol. The van der Waals surface area contributed by atoms with Crippen LogP contribution in [0.4, 0.5) is 0 Å². The number of carbonyl (C=O) groups excluding carboxylic acids is 1. The van der Waals surface area contributed by atoms with Gasteiger partial charge in [0.2, 0.25) is 0 Å². The molecule has 0 bridgehead atoms. The van der Waals surface area contributed by atoms with E-state index in [4.69, 9.17) is 19.2 Å². The molecule has 0 heterocycles. The van der Waals surface area contributed by atoms with Crippen molar-refractivity contribution in [3.8, 4) is 11.5 Å². The molecule has 0 aliphatic rings. The van der Waals surface area contributed by atoms with Gasteiger partial charge >= 0.3 is 0 Å². The molecule has 0 saturated carbocycles. The van der Waals surface area contributed by atoms with Crippen molar-refractivity contribution in [3.63, 3.8) is 0 Å². The zero-order chi connectivity index (χ0) is 15.2. The molecule has 0 radical (unpaired) electrons. The highest BCUT2D eigenvalue weighted by atomic mass is 17.2. The molecule has 0 saturated heterocycles. The quantitative estimate of drug-likeness (QED) is 0.184. The highest BCUT2D eigenvalue weighted by Gasteiger charge is 1.97. The smallest absolute Gasteiger partial charge is 0.298 e. The molecule has 0 N–H and O–H groups in total. The Kier molecular flexibility index (Phi) is 9.78. The lowest BCUT2D eigenvalue weighted by Gasteiger charge is -2.06. The van der Waals surface area contributed by atoms with Crippen LogP contribution in [0.15, 0.2) is 36.9 Å². The number of ether oxygens (including phenoxy) is 2. The average Bonchev–Trinajstić information content (AvgIpc) is 2.51. The minimum absolute atomic E-state index is 0.405. The Balaban J connectivity index is 1.96. The summed E-state index contributed by atoms with van der Waals surface area (Å²) >= 11 is 0. The largest absolute Gasteiger partial charge is 0.494 e. The normalized spacial score (nSPS) is 10.1.